The maximum Gasteiger partial charge on any atom is 0.253 e. The van der Waals surface area contributed by atoms with E-state index in [1.54, 1.807) is 5.56 Å². The van der Waals surface area contributed by atoms with Crippen LogP contribution in [0.1, 0.15) is 53.6 Å². The number of carbonyl (C=O) groups excluding carboxylic acids is 1. The smallest absolute Gasteiger partial charge is 0.253 e. The van der Waals surface area contributed by atoms with Gasteiger partial charge in [-0.25, -0.2) is 0 Å². The average Bonchev–Trinajstić information content (AvgIpc) is 3.29. The number of amides is 1. The number of halogens is 2. The van der Waals surface area contributed by atoms with Gasteiger partial charge in [-0.3, -0.25) is 4.79 Å². The van der Waals surface area contributed by atoms with Crippen LogP contribution in [0.4, 0.5) is 0 Å². The third-order valence-corrected chi connectivity index (χ3v) is 10.2. The first-order valence-electron chi connectivity index (χ1n) is 13.2. The van der Waals surface area contributed by atoms with Crippen molar-refractivity contribution in [2.45, 2.75) is 42.4 Å². The van der Waals surface area contributed by atoms with E-state index in [0.717, 1.165) is 37.2 Å². The molecule has 1 fully saturated rings. The van der Waals surface area contributed by atoms with Crippen LogP contribution >= 0.6 is 35.0 Å². The van der Waals surface area contributed by atoms with Crippen molar-refractivity contribution in [3.63, 3.8) is 0 Å². The Morgan fingerprint density at radius 3 is 2.46 bits per heavy atom. The molecule has 2 heterocycles. The van der Waals surface area contributed by atoms with Gasteiger partial charge in [0.2, 0.25) is 0 Å². The molecule has 37 heavy (non-hydrogen) atoms. The van der Waals surface area contributed by atoms with Crippen LogP contribution in [0.25, 0.3) is 0 Å². The van der Waals surface area contributed by atoms with Crippen LogP contribution in [-0.4, -0.2) is 54.2 Å². The Hall–Kier alpha value is -1.98. The molecular weight excluding hydrogens is 519 g/mol. The van der Waals surface area contributed by atoms with Crippen LogP contribution < -0.4 is 0 Å². The lowest BCUT2D eigenvalue weighted by Crippen LogP contribution is -2.43. The first-order chi connectivity index (χ1) is 18.0. The van der Waals surface area contributed by atoms with Crippen LogP contribution in [0.15, 0.2) is 77.7 Å². The molecule has 1 atom stereocenters. The largest absolute Gasteiger partial charge is 0.338 e. The second-order valence-electron chi connectivity index (χ2n) is 10.3. The standard InChI is InChI=1S/C31H34Cl2N2OS/c1-2-35(30(36)23-8-4-3-5-9-23)21-25(24-12-13-27(32)28(33)20-24)14-17-34-18-15-31(16-19-34)22-37-29-11-7-6-10-26(29)31/h3-13,20,25H,2,14-19,21-22H2,1H3/t25-/m1/s1. The molecular formula is C31H34Cl2N2OS. The molecule has 6 heteroatoms. The monoisotopic (exact) mass is 552 g/mol. The molecule has 3 aromatic rings. The molecule has 0 N–H and O–H groups in total. The van der Waals surface area contributed by atoms with E-state index in [1.807, 2.05) is 66.1 Å². The quantitative estimate of drug-likeness (QED) is 0.285. The van der Waals surface area contributed by atoms with Crippen LogP contribution in [0.2, 0.25) is 10.0 Å². The van der Waals surface area contributed by atoms with Crippen LogP contribution in [-0.2, 0) is 5.41 Å². The van der Waals surface area contributed by atoms with Crippen LogP contribution in [0.5, 0.6) is 0 Å². The van der Waals surface area contributed by atoms with Gasteiger partial charge in [-0.15, -0.1) is 11.8 Å². The van der Waals surface area contributed by atoms with E-state index in [0.29, 0.717) is 28.5 Å². The van der Waals surface area contributed by atoms with Gasteiger partial charge in [-0.2, -0.15) is 0 Å². The van der Waals surface area contributed by atoms with Crippen LogP contribution in [0, 0.1) is 0 Å². The number of thioether (sulfide) groups is 1. The number of piperidine rings is 1. The normalized spacial score (nSPS) is 17.5. The maximum atomic E-state index is 13.3. The second-order valence-corrected chi connectivity index (χ2v) is 12.1. The molecule has 5 rings (SSSR count). The molecule has 3 aromatic carbocycles. The van der Waals surface area contributed by atoms with Gasteiger partial charge in [-0.05, 0) is 87.3 Å². The van der Waals surface area contributed by atoms with Crippen molar-refractivity contribution in [1.29, 1.82) is 0 Å². The molecule has 1 amide bonds. The van der Waals surface area contributed by atoms with Crippen molar-refractivity contribution in [2.75, 3.05) is 38.5 Å². The third-order valence-electron chi connectivity index (χ3n) is 8.11. The minimum Gasteiger partial charge on any atom is -0.338 e. The van der Waals surface area contributed by atoms with E-state index in [-0.39, 0.29) is 11.8 Å². The second kappa shape index (κ2) is 11.8. The molecule has 3 nitrogen and oxygen atoms in total. The Bertz CT molecular complexity index is 1230. The molecule has 1 spiro atoms. The van der Waals surface area contributed by atoms with Gasteiger partial charge in [0.15, 0.2) is 0 Å². The molecule has 0 bridgehead atoms. The highest BCUT2D eigenvalue weighted by Gasteiger charge is 2.41. The number of fused-ring (bicyclic) bond motifs is 2. The number of benzene rings is 3. The van der Waals surface area contributed by atoms with Gasteiger partial charge < -0.3 is 9.80 Å². The summed E-state index contributed by atoms with van der Waals surface area (Å²) in [6.07, 6.45) is 3.39. The van der Waals surface area contributed by atoms with E-state index in [2.05, 4.69) is 35.2 Å². The highest BCUT2D eigenvalue weighted by atomic mass is 35.5. The fourth-order valence-corrected chi connectivity index (χ4v) is 7.59. The number of rotatable bonds is 8. The molecule has 0 aromatic heterocycles. The SMILES string of the molecule is CCN(C[C@@H](CCN1CCC2(CC1)CSc1ccccc12)c1ccc(Cl)c(Cl)c1)C(=O)c1ccccc1. The lowest BCUT2D eigenvalue weighted by atomic mass is 9.74. The predicted octanol–water partition coefficient (Wildman–Crippen LogP) is 7.77. The lowest BCUT2D eigenvalue weighted by molar-refractivity contribution is 0.0748. The van der Waals surface area contributed by atoms with Crippen molar-refractivity contribution in [2.24, 2.45) is 0 Å². The summed E-state index contributed by atoms with van der Waals surface area (Å²) in [4.78, 5) is 19.3. The van der Waals surface area contributed by atoms with Gasteiger partial charge in [0.25, 0.3) is 5.91 Å². The van der Waals surface area contributed by atoms with E-state index >= 15 is 0 Å². The molecule has 0 radical (unpaired) electrons. The summed E-state index contributed by atoms with van der Waals surface area (Å²) in [6, 6.07) is 24.5. The zero-order valence-electron chi connectivity index (χ0n) is 21.3. The number of carbonyl (C=O) groups is 1. The van der Waals surface area contributed by atoms with Gasteiger partial charge in [0.1, 0.15) is 0 Å². The highest BCUT2D eigenvalue weighted by Crippen LogP contribution is 2.49. The Morgan fingerprint density at radius 1 is 1.00 bits per heavy atom. The van der Waals surface area contributed by atoms with E-state index in [1.165, 1.54) is 23.5 Å². The Kier molecular flexibility index (Phi) is 8.50. The minimum absolute atomic E-state index is 0.0745. The van der Waals surface area contributed by atoms with Gasteiger partial charge in [-0.1, -0.05) is 65.7 Å². The fraction of sp³-hybridized carbons (Fsp3) is 0.387. The molecule has 2 aliphatic rings. The van der Waals surface area contributed by atoms with E-state index < -0.39 is 0 Å². The van der Waals surface area contributed by atoms with Crippen molar-refractivity contribution in [1.82, 2.24) is 9.80 Å². The van der Waals surface area contributed by atoms with Crippen molar-refractivity contribution >= 4 is 40.9 Å². The maximum absolute atomic E-state index is 13.3. The lowest BCUT2D eigenvalue weighted by Gasteiger charge is -2.40. The summed E-state index contributed by atoms with van der Waals surface area (Å²) < 4.78 is 0. The summed E-state index contributed by atoms with van der Waals surface area (Å²) >= 11 is 14.7. The Morgan fingerprint density at radius 2 is 1.73 bits per heavy atom. The van der Waals surface area contributed by atoms with Crippen molar-refractivity contribution < 1.29 is 4.79 Å². The Balaban J connectivity index is 1.27. The highest BCUT2D eigenvalue weighted by molar-refractivity contribution is 7.99. The first kappa shape index (κ1) is 26.6. The van der Waals surface area contributed by atoms with Gasteiger partial charge >= 0.3 is 0 Å². The summed E-state index contributed by atoms with van der Waals surface area (Å²) in [7, 11) is 0. The zero-order valence-corrected chi connectivity index (χ0v) is 23.7. The number of likely N-dealkylation sites (N-methyl/N-ethyl adjacent to an activating group) is 1. The fourth-order valence-electron chi connectivity index (χ4n) is 5.80. The van der Waals surface area contributed by atoms with Crippen molar-refractivity contribution in [3.05, 3.63) is 99.5 Å². The summed E-state index contributed by atoms with van der Waals surface area (Å²) in [5.41, 5.74) is 3.77. The number of likely N-dealkylation sites (tertiary alicyclic amines) is 1. The Labute approximate surface area is 235 Å². The van der Waals surface area contributed by atoms with Crippen LogP contribution in [0.3, 0.4) is 0 Å². The summed E-state index contributed by atoms with van der Waals surface area (Å²) in [5, 5.41) is 1.13. The minimum atomic E-state index is 0.0745. The third kappa shape index (κ3) is 5.88. The van der Waals surface area contributed by atoms with Crippen molar-refractivity contribution in [3.8, 4) is 0 Å². The van der Waals surface area contributed by atoms with Gasteiger partial charge in [0, 0.05) is 40.6 Å². The topological polar surface area (TPSA) is 23.6 Å². The number of nitrogens with zero attached hydrogens (tertiary/aromatic N) is 2. The number of hydrogen-bond donors (Lipinski definition) is 0. The predicted molar refractivity (Wildman–Crippen MR) is 156 cm³/mol. The van der Waals surface area contributed by atoms with E-state index in [9.17, 15) is 4.79 Å². The summed E-state index contributed by atoms with van der Waals surface area (Å²) in [6.45, 7) is 6.60. The first-order valence-corrected chi connectivity index (χ1v) is 15.0. The van der Waals surface area contributed by atoms with E-state index in [4.69, 9.17) is 23.2 Å². The molecule has 1 saturated heterocycles. The molecule has 0 saturated carbocycles. The zero-order chi connectivity index (χ0) is 25.8. The molecule has 2 aliphatic heterocycles. The molecule has 0 unspecified atom stereocenters. The molecule has 194 valence electrons. The average molecular weight is 554 g/mol. The summed E-state index contributed by atoms with van der Waals surface area (Å²) in [5.74, 6) is 1.46. The number of hydrogen-bond acceptors (Lipinski definition) is 3. The molecule has 0 aliphatic carbocycles. The van der Waals surface area contributed by atoms with Gasteiger partial charge in [0.05, 0.1) is 10.0 Å².